The molecule has 2 atom stereocenters. The minimum absolute atomic E-state index is 0.0783. The first-order valence-corrected chi connectivity index (χ1v) is 8.31. The van der Waals surface area contributed by atoms with Crippen molar-refractivity contribution in [3.05, 3.63) is 35.4 Å². The summed E-state index contributed by atoms with van der Waals surface area (Å²) in [6.07, 6.45) is 0.127. The zero-order valence-corrected chi connectivity index (χ0v) is 14.9. The Labute approximate surface area is 147 Å². The van der Waals surface area contributed by atoms with E-state index < -0.39 is 5.92 Å². The van der Waals surface area contributed by atoms with Gasteiger partial charge in [0.15, 0.2) is 0 Å². The van der Waals surface area contributed by atoms with Gasteiger partial charge < -0.3 is 20.3 Å². The summed E-state index contributed by atoms with van der Waals surface area (Å²) in [7, 11) is 3.09. The Morgan fingerprint density at radius 1 is 1.32 bits per heavy atom. The summed E-state index contributed by atoms with van der Waals surface area (Å²) >= 11 is 0. The highest BCUT2D eigenvalue weighted by atomic mass is 16.5. The zero-order chi connectivity index (χ0) is 18.4. The van der Waals surface area contributed by atoms with Crippen LogP contribution in [-0.2, 0) is 19.1 Å². The number of benzene rings is 1. The van der Waals surface area contributed by atoms with E-state index in [1.54, 1.807) is 12.0 Å². The highest BCUT2D eigenvalue weighted by Gasteiger charge is 2.44. The molecule has 1 aliphatic rings. The number of ether oxygens (including phenoxy) is 1. The van der Waals surface area contributed by atoms with Crippen molar-refractivity contribution in [2.45, 2.75) is 19.4 Å². The molecule has 25 heavy (non-hydrogen) atoms. The van der Waals surface area contributed by atoms with Crippen LogP contribution in [0.25, 0.3) is 0 Å². The quantitative estimate of drug-likeness (QED) is 0.747. The molecule has 2 N–H and O–H groups in total. The minimum Gasteiger partial charge on any atom is -0.383 e. The van der Waals surface area contributed by atoms with Crippen molar-refractivity contribution in [3.8, 4) is 0 Å². The molecule has 1 aromatic rings. The van der Waals surface area contributed by atoms with Crippen molar-refractivity contribution in [2.75, 3.05) is 33.9 Å². The van der Waals surface area contributed by atoms with Gasteiger partial charge in [-0.3, -0.25) is 14.4 Å². The first kappa shape index (κ1) is 18.9. The molecular formula is C18H25N3O4. The van der Waals surface area contributed by atoms with Gasteiger partial charge in [-0.25, -0.2) is 0 Å². The van der Waals surface area contributed by atoms with Gasteiger partial charge >= 0.3 is 0 Å². The number of nitrogens with zero attached hydrogens (tertiary/aromatic N) is 1. The van der Waals surface area contributed by atoms with Crippen LogP contribution in [0.4, 0.5) is 0 Å². The third-order valence-corrected chi connectivity index (χ3v) is 4.51. The highest BCUT2D eigenvalue weighted by molar-refractivity contribution is 5.92. The third-order valence-electron chi connectivity index (χ3n) is 4.51. The van der Waals surface area contributed by atoms with Crippen LogP contribution >= 0.6 is 0 Å². The number of nitrogens with one attached hydrogen (secondary N) is 2. The second-order valence-electron chi connectivity index (χ2n) is 6.08. The van der Waals surface area contributed by atoms with Crippen LogP contribution in [0, 0.1) is 12.8 Å². The summed E-state index contributed by atoms with van der Waals surface area (Å²) in [5.74, 6) is -1.17. The van der Waals surface area contributed by atoms with Gasteiger partial charge in [-0.2, -0.15) is 0 Å². The summed E-state index contributed by atoms with van der Waals surface area (Å²) in [5, 5.41) is 5.09. The first-order chi connectivity index (χ1) is 12.0. The molecule has 1 heterocycles. The second-order valence-corrected chi connectivity index (χ2v) is 6.08. The average molecular weight is 347 g/mol. The van der Waals surface area contributed by atoms with E-state index in [9.17, 15) is 14.4 Å². The van der Waals surface area contributed by atoms with E-state index in [0.717, 1.165) is 11.1 Å². The lowest BCUT2D eigenvalue weighted by molar-refractivity contribution is -0.129. The SMILES string of the molecule is CNC(=O)CNC(=O)[C@@H]1CC(=O)N(CCOC)[C@H]1c1ccccc1C. The lowest BCUT2D eigenvalue weighted by atomic mass is 9.90. The number of rotatable bonds is 7. The number of amides is 3. The summed E-state index contributed by atoms with van der Waals surface area (Å²) in [6.45, 7) is 2.69. The van der Waals surface area contributed by atoms with Gasteiger partial charge in [-0.1, -0.05) is 24.3 Å². The van der Waals surface area contributed by atoms with Crippen LogP contribution in [0.3, 0.4) is 0 Å². The molecule has 136 valence electrons. The van der Waals surface area contributed by atoms with Crippen molar-refractivity contribution in [2.24, 2.45) is 5.92 Å². The van der Waals surface area contributed by atoms with E-state index in [0.29, 0.717) is 13.2 Å². The molecule has 1 saturated heterocycles. The molecule has 1 aliphatic heterocycles. The van der Waals surface area contributed by atoms with Gasteiger partial charge in [0.1, 0.15) is 0 Å². The lowest BCUT2D eigenvalue weighted by Crippen LogP contribution is -2.40. The molecule has 0 radical (unpaired) electrons. The molecule has 3 amide bonds. The van der Waals surface area contributed by atoms with E-state index in [2.05, 4.69) is 10.6 Å². The molecule has 0 bridgehead atoms. The number of carbonyl (C=O) groups excluding carboxylic acids is 3. The van der Waals surface area contributed by atoms with Crippen LogP contribution < -0.4 is 10.6 Å². The van der Waals surface area contributed by atoms with Crippen LogP contribution in [-0.4, -0.2) is 56.5 Å². The van der Waals surface area contributed by atoms with Gasteiger partial charge in [0.25, 0.3) is 0 Å². The fourth-order valence-electron chi connectivity index (χ4n) is 3.17. The van der Waals surface area contributed by atoms with Gasteiger partial charge in [-0.15, -0.1) is 0 Å². The topological polar surface area (TPSA) is 87.7 Å². The number of hydrogen-bond donors (Lipinski definition) is 2. The second kappa shape index (κ2) is 8.62. The highest BCUT2D eigenvalue weighted by Crippen LogP contribution is 2.39. The monoisotopic (exact) mass is 347 g/mol. The molecule has 0 saturated carbocycles. The van der Waals surface area contributed by atoms with Crippen molar-refractivity contribution in [1.82, 2.24) is 15.5 Å². The number of carbonyl (C=O) groups is 3. The van der Waals surface area contributed by atoms with E-state index >= 15 is 0 Å². The van der Waals surface area contributed by atoms with Crippen LogP contribution in [0.15, 0.2) is 24.3 Å². The molecule has 0 unspecified atom stereocenters. The number of hydrogen-bond acceptors (Lipinski definition) is 4. The van der Waals surface area contributed by atoms with Gasteiger partial charge in [-0.05, 0) is 18.1 Å². The summed E-state index contributed by atoms with van der Waals surface area (Å²) in [5.41, 5.74) is 1.97. The van der Waals surface area contributed by atoms with E-state index in [1.165, 1.54) is 7.05 Å². The van der Waals surface area contributed by atoms with E-state index in [1.807, 2.05) is 31.2 Å². The molecule has 2 rings (SSSR count). The predicted molar refractivity (Wildman–Crippen MR) is 92.7 cm³/mol. The Hall–Kier alpha value is -2.41. The molecule has 7 heteroatoms. The maximum Gasteiger partial charge on any atom is 0.239 e. The van der Waals surface area contributed by atoms with Gasteiger partial charge in [0.05, 0.1) is 25.1 Å². The third kappa shape index (κ3) is 4.36. The van der Waals surface area contributed by atoms with Crippen LogP contribution in [0.5, 0.6) is 0 Å². The lowest BCUT2D eigenvalue weighted by Gasteiger charge is -2.29. The number of likely N-dealkylation sites (tertiary alicyclic amines) is 1. The number of methoxy groups -OCH3 is 1. The zero-order valence-electron chi connectivity index (χ0n) is 14.9. The maximum absolute atomic E-state index is 12.6. The fourth-order valence-corrected chi connectivity index (χ4v) is 3.17. The molecule has 0 aromatic heterocycles. The van der Waals surface area contributed by atoms with E-state index in [-0.39, 0.29) is 36.7 Å². The van der Waals surface area contributed by atoms with Crippen molar-refractivity contribution >= 4 is 17.7 Å². The summed E-state index contributed by atoms with van der Waals surface area (Å²) in [4.78, 5) is 38.2. The van der Waals surface area contributed by atoms with Crippen molar-refractivity contribution in [3.63, 3.8) is 0 Å². The minimum atomic E-state index is -0.532. The van der Waals surface area contributed by atoms with E-state index in [4.69, 9.17) is 4.74 Å². The van der Waals surface area contributed by atoms with Crippen LogP contribution in [0.1, 0.15) is 23.6 Å². The van der Waals surface area contributed by atoms with Gasteiger partial charge in [0, 0.05) is 27.1 Å². The number of aryl methyl sites for hydroxylation is 1. The smallest absolute Gasteiger partial charge is 0.239 e. The van der Waals surface area contributed by atoms with Gasteiger partial charge in [0.2, 0.25) is 17.7 Å². The Morgan fingerprint density at radius 2 is 2.04 bits per heavy atom. The molecule has 0 spiro atoms. The normalized spacial score (nSPS) is 19.8. The molecule has 1 aromatic carbocycles. The largest absolute Gasteiger partial charge is 0.383 e. The van der Waals surface area contributed by atoms with Crippen molar-refractivity contribution < 1.29 is 19.1 Å². The average Bonchev–Trinajstić information content (AvgIpc) is 2.94. The summed E-state index contributed by atoms with van der Waals surface area (Å²) in [6, 6.07) is 7.38. The Kier molecular flexibility index (Phi) is 6.52. The molecule has 7 nitrogen and oxygen atoms in total. The fraction of sp³-hybridized carbons (Fsp3) is 0.500. The van der Waals surface area contributed by atoms with Crippen LogP contribution in [0.2, 0.25) is 0 Å². The first-order valence-electron chi connectivity index (χ1n) is 8.31. The summed E-state index contributed by atoms with van der Waals surface area (Å²) < 4.78 is 5.11. The van der Waals surface area contributed by atoms with Crippen molar-refractivity contribution in [1.29, 1.82) is 0 Å². The number of likely N-dealkylation sites (N-methyl/N-ethyl adjacent to an activating group) is 1. The maximum atomic E-state index is 12.6. The standard InChI is InChI=1S/C18H25N3O4/c1-12-6-4-5-7-13(12)17-14(18(24)20-11-15(22)19-2)10-16(23)21(17)8-9-25-3/h4-7,14,17H,8-11H2,1-3H3,(H,19,22)(H,20,24)/t14-,17+/m1/s1. The molecular weight excluding hydrogens is 322 g/mol. The Balaban J connectivity index is 2.27. The Bertz CT molecular complexity index is 647. The Morgan fingerprint density at radius 3 is 2.68 bits per heavy atom. The molecule has 0 aliphatic carbocycles. The molecule has 1 fully saturated rings. The predicted octanol–water partition coefficient (Wildman–Crippen LogP) is 0.393.